The monoisotopic (exact) mass is 212 g/mol. The summed E-state index contributed by atoms with van der Waals surface area (Å²) in [5.41, 5.74) is 0. The van der Waals surface area contributed by atoms with Crippen LogP contribution < -0.4 is 12.4 Å². The van der Waals surface area contributed by atoms with Crippen LogP contribution in [0.25, 0.3) is 0 Å². The predicted molar refractivity (Wildman–Crippen MR) is 29.9 cm³/mol. The van der Waals surface area contributed by atoms with Gasteiger partial charge in [0.1, 0.15) is 0 Å². The zero-order valence-corrected chi connectivity index (χ0v) is 7.05. The smallest absolute Gasteiger partial charge is 1.00 e. The van der Waals surface area contributed by atoms with Crippen molar-refractivity contribution in [2.24, 2.45) is 10.2 Å². The van der Waals surface area contributed by atoms with Crippen LogP contribution in [-0.4, -0.2) is 17.6 Å². The quantitative estimate of drug-likeness (QED) is 0.401. The van der Waals surface area contributed by atoms with Crippen LogP contribution in [0.5, 0.6) is 0 Å². The second kappa shape index (κ2) is 5.08. The molecule has 0 amide bonds. The van der Waals surface area contributed by atoms with Crippen LogP contribution in [0.1, 0.15) is 19.3 Å². The van der Waals surface area contributed by atoms with Gasteiger partial charge in [-0.1, -0.05) is 0 Å². The van der Waals surface area contributed by atoms with E-state index in [1.807, 2.05) is 0 Å². The Bertz CT molecular complexity index is 110. The maximum Gasteiger partial charge on any atom is 1.00 e. The Balaban J connectivity index is 0. The zero-order valence-electron chi connectivity index (χ0n) is 5.35. The van der Waals surface area contributed by atoms with Crippen molar-refractivity contribution < 1.29 is 35.0 Å². The van der Waals surface area contributed by atoms with Gasteiger partial charge in [-0.2, -0.15) is 10.2 Å². The van der Waals surface area contributed by atoms with Crippen molar-refractivity contribution in [2.75, 3.05) is 0 Å². The Labute approximate surface area is 76.9 Å². The molecule has 10 heavy (non-hydrogen) atoms. The third kappa shape index (κ3) is 2.20. The molecule has 2 rings (SSSR count). The number of azo groups is 1. The van der Waals surface area contributed by atoms with Crippen LogP contribution in [0.2, 0.25) is 0 Å². The Morgan fingerprint density at radius 1 is 1.00 bits per heavy atom. The minimum absolute atomic E-state index is 0. The first-order chi connectivity index (χ1) is 3.45. The summed E-state index contributed by atoms with van der Waals surface area (Å²) in [5.74, 6) is 0. The second-order valence-corrected chi connectivity index (χ2v) is 2.35. The van der Waals surface area contributed by atoms with Crippen LogP contribution in [0.3, 0.4) is 0 Å². The summed E-state index contributed by atoms with van der Waals surface area (Å²) in [7, 11) is 0. The van der Waals surface area contributed by atoms with Crippen molar-refractivity contribution in [1.82, 2.24) is 0 Å². The fourth-order valence-electron chi connectivity index (χ4n) is 1.33. The number of rotatable bonds is 0. The molecule has 0 radical (unpaired) electrons. The summed E-state index contributed by atoms with van der Waals surface area (Å²) < 4.78 is 0. The predicted octanol–water partition coefficient (Wildman–Crippen LogP) is -2.45. The second-order valence-electron chi connectivity index (χ2n) is 2.35. The van der Waals surface area contributed by atoms with E-state index in [0.29, 0.717) is 12.1 Å². The van der Waals surface area contributed by atoms with Gasteiger partial charge >= 0.3 is 17.1 Å². The average molecular weight is 213 g/mol. The van der Waals surface area contributed by atoms with E-state index < -0.39 is 0 Å². The van der Waals surface area contributed by atoms with Gasteiger partial charge in [-0.25, -0.2) is 0 Å². The number of hydrogen-bond donors (Lipinski definition) is 0. The van der Waals surface area contributed by atoms with Crippen molar-refractivity contribution in [3.8, 4) is 0 Å². The van der Waals surface area contributed by atoms with Crippen molar-refractivity contribution in [3.63, 3.8) is 0 Å². The number of fused-ring (bicyclic) bond motifs is 2. The Morgan fingerprint density at radius 2 is 1.40 bits per heavy atom. The Morgan fingerprint density at radius 3 is 1.50 bits per heavy atom. The third-order valence-corrected chi connectivity index (χ3v) is 1.77. The van der Waals surface area contributed by atoms with Crippen LogP contribution in [-0.2, 0) is 17.1 Å². The molecule has 1 saturated carbocycles. The van der Waals surface area contributed by atoms with E-state index in [2.05, 4.69) is 10.2 Å². The molecule has 2 aliphatic rings. The minimum Gasteiger partial charge on any atom is -1.00 e. The van der Waals surface area contributed by atoms with Crippen molar-refractivity contribution in [2.45, 2.75) is 31.3 Å². The van der Waals surface area contributed by atoms with E-state index in [-0.39, 0.29) is 35.0 Å². The van der Waals surface area contributed by atoms with Gasteiger partial charge in [-0.3, -0.25) is 0 Å². The molecule has 0 saturated heterocycles. The van der Waals surface area contributed by atoms with Crippen LogP contribution in [0.4, 0.5) is 0 Å². The first-order valence-corrected chi connectivity index (χ1v) is 2.85. The van der Waals surface area contributed by atoms with Gasteiger partial charge in [-0.15, -0.1) is 0 Å². The van der Waals surface area contributed by atoms with Crippen molar-refractivity contribution >= 4 is 0 Å². The molecule has 64 valence electrons. The van der Waals surface area contributed by atoms with E-state index in [1.165, 1.54) is 19.3 Å². The maximum absolute atomic E-state index is 4.03. The maximum atomic E-state index is 4.03. The molecule has 0 aromatic carbocycles. The molecule has 2 N–H and O–H groups in total. The first kappa shape index (κ1) is 13.0. The van der Waals surface area contributed by atoms with Crippen LogP contribution in [0, 0.1) is 0 Å². The van der Waals surface area contributed by atoms with Crippen LogP contribution in [0.15, 0.2) is 10.2 Å². The van der Waals surface area contributed by atoms with Gasteiger partial charge in [-0.05, 0) is 19.3 Å². The van der Waals surface area contributed by atoms with Crippen LogP contribution >= 0.6 is 0 Å². The zero-order chi connectivity index (χ0) is 4.69. The van der Waals surface area contributed by atoms with Gasteiger partial charge in [0.25, 0.3) is 0 Å². The van der Waals surface area contributed by atoms with E-state index in [1.54, 1.807) is 0 Å². The minimum atomic E-state index is 0. The van der Waals surface area contributed by atoms with Gasteiger partial charge < -0.3 is 17.9 Å². The van der Waals surface area contributed by atoms with Crippen molar-refractivity contribution in [1.29, 1.82) is 0 Å². The molecule has 1 heterocycles. The molecule has 2 unspecified atom stereocenters. The molecular weight excluding hydrogens is 203 g/mol. The fourth-order valence-corrected chi connectivity index (χ4v) is 1.33. The summed E-state index contributed by atoms with van der Waals surface area (Å²) in [6, 6.07) is 1.26. The Hall–Kier alpha value is 0.369. The summed E-state index contributed by atoms with van der Waals surface area (Å²) >= 11 is 0. The number of hydrogen-bond acceptors (Lipinski definition) is 2. The van der Waals surface area contributed by atoms with E-state index in [0.717, 1.165) is 0 Å². The van der Waals surface area contributed by atoms with E-state index in [4.69, 9.17) is 0 Å². The summed E-state index contributed by atoms with van der Waals surface area (Å²) in [4.78, 5) is 0. The molecular formula is C5H10ClCuN2O. The molecule has 0 aromatic heterocycles. The van der Waals surface area contributed by atoms with Gasteiger partial charge in [0.05, 0.1) is 12.1 Å². The number of halogens is 1. The molecule has 5 heteroatoms. The average Bonchev–Trinajstić information content (AvgIpc) is 2.22. The van der Waals surface area contributed by atoms with E-state index >= 15 is 0 Å². The number of nitrogens with zero attached hydrogens (tertiary/aromatic N) is 2. The van der Waals surface area contributed by atoms with Crippen molar-refractivity contribution in [3.05, 3.63) is 0 Å². The van der Waals surface area contributed by atoms with Gasteiger partial charge in [0.2, 0.25) is 0 Å². The molecule has 3 nitrogen and oxygen atoms in total. The normalized spacial score (nSPS) is 32.0. The largest absolute Gasteiger partial charge is 1.00 e. The Kier molecular flexibility index (Phi) is 6.60. The third-order valence-electron chi connectivity index (χ3n) is 1.77. The molecule has 1 aliphatic carbocycles. The first-order valence-electron chi connectivity index (χ1n) is 2.85. The molecule has 1 aliphatic heterocycles. The summed E-state index contributed by atoms with van der Waals surface area (Å²) in [6.45, 7) is 0. The van der Waals surface area contributed by atoms with Gasteiger partial charge in [0.15, 0.2) is 0 Å². The molecule has 2 atom stereocenters. The molecule has 0 spiro atoms. The topological polar surface area (TPSA) is 56.2 Å². The molecule has 0 aromatic rings. The standard InChI is InChI=1S/C5H8N2.ClH.Cu.H2O/c1-2-5-3-4(1)6-7-5;;;/h4-5H,1-3H2;1H;;1H2/q;;+1;/p-1. The summed E-state index contributed by atoms with van der Waals surface area (Å²) in [5, 5.41) is 8.06. The molecule has 1 fully saturated rings. The summed E-state index contributed by atoms with van der Waals surface area (Å²) in [6.07, 6.45) is 3.85. The fraction of sp³-hybridized carbons (Fsp3) is 1.00. The van der Waals surface area contributed by atoms with Gasteiger partial charge in [0, 0.05) is 0 Å². The van der Waals surface area contributed by atoms with E-state index in [9.17, 15) is 0 Å². The molecule has 2 bridgehead atoms. The SMILES string of the molecule is C1CC2CC1N=N2.O.[Cl-].[Cu+].